The molecule has 1 fully saturated rings. The summed E-state index contributed by atoms with van der Waals surface area (Å²) >= 11 is 5.94. The molecular weight excluding hydrogens is 324 g/mol. The minimum absolute atomic E-state index is 0.424. The number of H-pyrrole nitrogens is 1. The number of nitrogens with zero attached hydrogens (tertiary/aromatic N) is 4. The Hall–Kier alpha value is -2.18. The van der Waals surface area contributed by atoms with Gasteiger partial charge in [0.05, 0.1) is 6.33 Å². The van der Waals surface area contributed by atoms with Gasteiger partial charge in [-0.05, 0) is 30.5 Å². The number of halogens is 1. The van der Waals surface area contributed by atoms with Gasteiger partial charge in [0.1, 0.15) is 11.8 Å². The number of imidazole rings is 1. The second kappa shape index (κ2) is 6.75. The third-order valence-corrected chi connectivity index (χ3v) is 4.72. The SMILES string of the molecule is Clc1ccc(CN2CCC(Nc3ncnc4nc[nH]c34)CC2)cc1. The van der Waals surface area contributed by atoms with Gasteiger partial charge in [-0.3, -0.25) is 4.90 Å². The number of hydrogen-bond acceptors (Lipinski definition) is 5. The Bertz CT molecular complexity index is 807. The van der Waals surface area contributed by atoms with E-state index in [1.807, 2.05) is 12.1 Å². The van der Waals surface area contributed by atoms with Crippen LogP contribution in [-0.2, 0) is 6.54 Å². The Balaban J connectivity index is 1.34. The van der Waals surface area contributed by atoms with Gasteiger partial charge in [0.25, 0.3) is 0 Å². The van der Waals surface area contributed by atoms with E-state index < -0.39 is 0 Å². The number of nitrogens with one attached hydrogen (secondary N) is 2. The van der Waals surface area contributed by atoms with Gasteiger partial charge in [-0.2, -0.15) is 0 Å². The molecule has 0 aliphatic carbocycles. The highest BCUT2D eigenvalue weighted by molar-refractivity contribution is 6.30. The van der Waals surface area contributed by atoms with Crippen LogP contribution in [0.3, 0.4) is 0 Å². The molecule has 3 heterocycles. The van der Waals surface area contributed by atoms with Crippen molar-refractivity contribution >= 4 is 28.6 Å². The molecule has 3 aromatic rings. The molecule has 1 aliphatic heterocycles. The lowest BCUT2D eigenvalue weighted by molar-refractivity contribution is 0.211. The minimum atomic E-state index is 0.424. The van der Waals surface area contributed by atoms with Crippen molar-refractivity contribution in [2.75, 3.05) is 18.4 Å². The van der Waals surface area contributed by atoms with Crippen molar-refractivity contribution in [1.82, 2.24) is 24.8 Å². The first-order chi connectivity index (χ1) is 11.8. The van der Waals surface area contributed by atoms with Crippen LogP contribution >= 0.6 is 11.6 Å². The molecule has 7 heteroatoms. The Morgan fingerprint density at radius 2 is 1.92 bits per heavy atom. The largest absolute Gasteiger partial charge is 0.365 e. The second-order valence-corrected chi connectivity index (χ2v) is 6.58. The van der Waals surface area contributed by atoms with Crippen LogP contribution in [0, 0.1) is 0 Å². The Morgan fingerprint density at radius 3 is 2.71 bits per heavy atom. The molecule has 0 atom stereocenters. The molecule has 0 unspecified atom stereocenters. The number of anilines is 1. The van der Waals surface area contributed by atoms with E-state index in [4.69, 9.17) is 11.6 Å². The van der Waals surface area contributed by atoms with E-state index in [1.165, 1.54) is 5.56 Å². The second-order valence-electron chi connectivity index (χ2n) is 6.14. The smallest absolute Gasteiger partial charge is 0.182 e. The van der Waals surface area contributed by atoms with E-state index in [9.17, 15) is 0 Å². The zero-order valence-electron chi connectivity index (χ0n) is 13.2. The van der Waals surface area contributed by atoms with Gasteiger partial charge in [-0.25, -0.2) is 15.0 Å². The van der Waals surface area contributed by atoms with Crippen LogP contribution in [0.25, 0.3) is 11.2 Å². The van der Waals surface area contributed by atoms with Gasteiger partial charge in [0, 0.05) is 30.7 Å². The highest BCUT2D eigenvalue weighted by atomic mass is 35.5. The monoisotopic (exact) mass is 342 g/mol. The van der Waals surface area contributed by atoms with Gasteiger partial charge in [-0.15, -0.1) is 0 Å². The maximum atomic E-state index is 5.94. The Labute approximate surface area is 145 Å². The summed E-state index contributed by atoms with van der Waals surface area (Å²) < 4.78 is 0. The predicted molar refractivity (Wildman–Crippen MR) is 95.1 cm³/mol. The molecular formula is C17H19ClN6. The molecule has 1 saturated heterocycles. The highest BCUT2D eigenvalue weighted by Gasteiger charge is 2.20. The summed E-state index contributed by atoms with van der Waals surface area (Å²) in [5.41, 5.74) is 2.88. The van der Waals surface area contributed by atoms with Gasteiger partial charge >= 0.3 is 0 Å². The lowest BCUT2D eigenvalue weighted by Crippen LogP contribution is -2.38. The average molecular weight is 343 g/mol. The Kier molecular flexibility index (Phi) is 4.32. The number of aromatic amines is 1. The third-order valence-electron chi connectivity index (χ3n) is 4.47. The summed E-state index contributed by atoms with van der Waals surface area (Å²) in [6.45, 7) is 3.11. The fraction of sp³-hybridized carbons (Fsp3) is 0.353. The summed E-state index contributed by atoms with van der Waals surface area (Å²) in [7, 11) is 0. The fourth-order valence-corrected chi connectivity index (χ4v) is 3.28. The standard InChI is InChI=1S/C17H19ClN6/c18-13-3-1-12(2-4-13)9-24-7-5-14(6-8-24)23-17-15-16(20-10-19-15)21-11-22-17/h1-4,10-11,14H,5-9H2,(H2,19,20,21,22,23). The van der Waals surface area contributed by atoms with Gasteiger partial charge < -0.3 is 10.3 Å². The number of rotatable bonds is 4. The van der Waals surface area contributed by atoms with E-state index in [1.54, 1.807) is 12.7 Å². The van der Waals surface area contributed by atoms with Crippen LogP contribution in [0.4, 0.5) is 5.82 Å². The first-order valence-electron chi connectivity index (χ1n) is 8.15. The van der Waals surface area contributed by atoms with Crippen molar-refractivity contribution in [3.05, 3.63) is 47.5 Å². The zero-order chi connectivity index (χ0) is 16.4. The van der Waals surface area contributed by atoms with E-state index >= 15 is 0 Å². The van der Waals surface area contributed by atoms with E-state index in [-0.39, 0.29) is 0 Å². The lowest BCUT2D eigenvalue weighted by Gasteiger charge is -2.32. The maximum Gasteiger partial charge on any atom is 0.182 e. The minimum Gasteiger partial charge on any atom is -0.365 e. The molecule has 1 aromatic carbocycles. The van der Waals surface area contributed by atoms with E-state index in [2.05, 4.69) is 42.3 Å². The van der Waals surface area contributed by atoms with Crippen LogP contribution in [0.15, 0.2) is 36.9 Å². The maximum absolute atomic E-state index is 5.94. The van der Waals surface area contributed by atoms with Crippen molar-refractivity contribution in [3.8, 4) is 0 Å². The number of fused-ring (bicyclic) bond motifs is 1. The summed E-state index contributed by atoms with van der Waals surface area (Å²) in [4.78, 5) is 18.3. The predicted octanol–water partition coefficient (Wildman–Crippen LogP) is 3.08. The summed E-state index contributed by atoms with van der Waals surface area (Å²) in [6.07, 6.45) is 5.39. The van der Waals surface area contributed by atoms with Crippen LogP contribution in [-0.4, -0.2) is 44.0 Å². The topological polar surface area (TPSA) is 69.7 Å². The third kappa shape index (κ3) is 3.34. The highest BCUT2D eigenvalue weighted by Crippen LogP contribution is 2.21. The van der Waals surface area contributed by atoms with E-state index in [0.717, 1.165) is 48.8 Å². The molecule has 0 radical (unpaired) electrons. The average Bonchev–Trinajstić information content (AvgIpc) is 3.08. The van der Waals surface area contributed by atoms with Crippen LogP contribution in [0.2, 0.25) is 5.02 Å². The molecule has 124 valence electrons. The van der Waals surface area contributed by atoms with Crippen molar-refractivity contribution in [2.24, 2.45) is 0 Å². The fourth-order valence-electron chi connectivity index (χ4n) is 3.15. The molecule has 6 nitrogen and oxygen atoms in total. The van der Waals surface area contributed by atoms with Crippen LogP contribution in [0.1, 0.15) is 18.4 Å². The number of likely N-dealkylation sites (tertiary alicyclic amines) is 1. The first kappa shape index (κ1) is 15.4. The van der Waals surface area contributed by atoms with Crippen LogP contribution in [0.5, 0.6) is 0 Å². The molecule has 0 bridgehead atoms. The van der Waals surface area contributed by atoms with Crippen molar-refractivity contribution in [3.63, 3.8) is 0 Å². The van der Waals surface area contributed by atoms with E-state index in [0.29, 0.717) is 11.7 Å². The number of benzene rings is 1. The Morgan fingerprint density at radius 1 is 1.12 bits per heavy atom. The summed E-state index contributed by atoms with van der Waals surface area (Å²) in [6, 6.07) is 8.53. The number of piperidine rings is 1. The molecule has 2 aromatic heterocycles. The van der Waals surface area contributed by atoms with Crippen LogP contribution < -0.4 is 5.32 Å². The molecule has 2 N–H and O–H groups in total. The van der Waals surface area contributed by atoms with Crippen molar-refractivity contribution in [1.29, 1.82) is 0 Å². The number of hydrogen-bond donors (Lipinski definition) is 2. The first-order valence-corrected chi connectivity index (χ1v) is 8.53. The molecule has 1 aliphatic rings. The molecule has 24 heavy (non-hydrogen) atoms. The van der Waals surface area contributed by atoms with Crippen molar-refractivity contribution in [2.45, 2.75) is 25.4 Å². The normalized spacial score (nSPS) is 16.5. The van der Waals surface area contributed by atoms with Gasteiger partial charge in [-0.1, -0.05) is 23.7 Å². The number of aromatic nitrogens is 4. The summed E-state index contributed by atoms with van der Waals surface area (Å²) in [5, 5.41) is 4.32. The molecule has 0 spiro atoms. The summed E-state index contributed by atoms with van der Waals surface area (Å²) in [5.74, 6) is 0.841. The van der Waals surface area contributed by atoms with Gasteiger partial charge in [0.2, 0.25) is 0 Å². The van der Waals surface area contributed by atoms with Gasteiger partial charge in [0.15, 0.2) is 11.5 Å². The lowest BCUT2D eigenvalue weighted by atomic mass is 10.0. The molecule has 4 rings (SSSR count). The zero-order valence-corrected chi connectivity index (χ0v) is 14.0. The van der Waals surface area contributed by atoms with Crippen molar-refractivity contribution < 1.29 is 0 Å². The molecule has 0 saturated carbocycles. The quantitative estimate of drug-likeness (QED) is 0.762. The molecule has 0 amide bonds.